The van der Waals surface area contributed by atoms with Gasteiger partial charge in [-0.3, -0.25) is 14.4 Å². The molecule has 1 aliphatic carbocycles. The number of rotatable bonds is 5. The molecular formula is C23H28F3N5O3Si. The molecule has 12 heteroatoms. The molecule has 4 aliphatic rings. The highest BCUT2D eigenvalue weighted by molar-refractivity contribution is 6.82. The van der Waals surface area contributed by atoms with Crippen LogP contribution in [0.25, 0.3) is 0 Å². The quantitative estimate of drug-likeness (QED) is 0.531. The second kappa shape index (κ2) is 8.39. The van der Waals surface area contributed by atoms with Crippen molar-refractivity contribution in [3.8, 4) is 6.07 Å². The van der Waals surface area contributed by atoms with Gasteiger partial charge in [0, 0.05) is 17.6 Å². The van der Waals surface area contributed by atoms with Crippen molar-refractivity contribution in [1.29, 1.82) is 5.26 Å². The molecule has 0 bridgehead atoms. The number of carbonyl (C=O) groups is 3. The van der Waals surface area contributed by atoms with E-state index in [0.29, 0.717) is 18.6 Å². The molecule has 3 N–H and O–H groups in total. The summed E-state index contributed by atoms with van der Waals surface area (Å²) >= 11 is 0. The van der Waals surface area contributed by atoms with Crippen molar-refractivity contribution >= 4 is 25.8 Å². The lowest BCUT2D eigenvalue weighted by Gasteiger charge is -2.25. The number of halogens is 3. The first kappa shape index (κ1) is 23.9. The molecule has 0 unspecified atom stereocenters. The standard InChI is InChI=1S/C23H28F3N5O3Si/c24-23(25,26)18-4-3-16(29-18)21(34)31-13-35(7-1-2-8-35)12-17(31)20(33)28-15(11-27)9-14-10-22(5-6-22)30-19(14)32/h3-4,14-15,17,29H,1-2,5-10,12-13H2,(H,28,33)(H,30,32)/t14-,15+,17+/m1/s1. The summed E-state index contributed by atoms with van der Waals surface area (Å²) in [5, 5.41) is 15.4. The minimum atomic E-state index is -4.60. The molecule has 3 atom stereocenters. The van der Waals surface area contributed by atoms with E-state index in [9.17, 15) is 32.8 Å². The van der Waals surface area contributed by atoms with Crippen LogP contribution < -0.4 is 10.6 Å². The topological polar surface area (TPSA) is 118 Å². The third-order valence-electron chi connectivity index (χ3n) is 8.20. The Balaban J connectivity index is 1.31. The maximum atomic E-state index is 13.3. The lowest BCUT2D eigenvalue weighted by atomic mass is 9.96. The summed E-state index contributed by atoms with van der Waals surface area (Å²) < 4.78 is 39.1. The third-order valence-corrected chi connectivity index (χ3v) is 13.3. The number of nitrogens with zero attached hydrogens (tertiary/aromatic N) is 2. The van der Waals surface area contributed by atoms with Crippen LogP contribution >= 0.6 is 0 Å². The zero-order valence-electron chi connectivity index (χ0n) is 19.2. The zero-order chi connectivity index (χ0) is 25.0. The van der Waals surface area contributed by atoms with Crippen molar-refractivity contribution in [2.45, 2.75) is 80.5 Å². The van der Waals surface area contributed by atoms with Crippen LogP contribution in [-0.4, -0.2) is 59.5 Å². The van der Waals surface area contributed by atoms with Gasteiger partial charge in [0.25, 0.3) is 5.91 Å². The molecule has 1 aromatic rings. The summed E-state index contributed by atoms with van der Waals surface area (Å²) in [4.78, 5) is 42.5. The van der Waals surface area contributed by atoms with Gasteiger partial charge in [0.1, 0.15) is 23.5 Å². The molecule has 2 spiro atoms. The number of nitriles is 1. The number of aromatic nitrogens is 1. The van der Waals surface area contributed by atoms with Crippen molar-refractivity contribution in [1.82, 2.24) is 20.5 Å². The Morgan fingerprint density at radius 3 is 2.57 bits per heavy atom. The van der Waals surface area contributed by atoms with E-state index < -0.39 is 43.8 Å². The molecule has 1 aromatic heterocycles. The maximum absolute atomic E-state index is 13.3. The van der Waals surface area contributed by atoms with Crippen LogP contribution in [0.5, 0.6) is 0 Å². The monoisotopic (exact) mass is 507 g/mol. The van der Waals surface area contributed by atoms with Gasteiger partial charge in [-0.05, 0) is 43.9 Å². The lowest BCUT2D eigenvalue weighted by Crippen LogP contribution is -2.49. The first-order valence-corrected chi connectivity index (χ1v) is 15.0. The fraction of sp³-hybridized carbons (Fsp3) is 0.652. The van der Waals surface area contributed by atoms with Gasteiger partial charge in [0.05, 0.1) is 14.1 Å². The Hall–Kier alpha value is -2.81. The molecule has 0 aromatic carbocycles. The van der Waals surface area contributed by atoms with Gasteiger partial charge in [-0.15, -0.1) is 0 Å². The van der Waals surface area contributed by atoms with Crippen molar-refractivity contribution in [3.63, 3.8) is 0 Å². The number of nitrogens with one attached hydrogen (secondary N) is 3. The first-order valence-electron chi connectivity index (χ1n) is 12.1. The first-order chi connectivity index (χ1) is 16.5. The Labute approximate surface area is 201 Å². The lowest BCUT2D eigenvalue weighted by molar-refractivity contribution is -0.140. The molecule has 0 radical (unpaired) electrons. The predicted octanol–water partition coefficient (Wildman–Crippen LogP) is 2.71. The molecule has 35 heavy (non-hydrogen) atoms. The van der Waals surface area contributed by atoms with Gasteiger partial charge in [-0.25, -0.2) is 0 Å². The van der Waals surface area contributed by atoms with Gasteiger partial charge >= 0.3 is 6.18 Å². The highest BCUT2D eigenvalue weighted by atomic mass is 28.3. The normalized spacial score (nSPS) is 27.1. The van der Waals surface area contributed by atoms with E-state index in [4.69, 9.17) is 0 Å². The molecule has 4 fully saturated rings. The molecule has 5 rings (SSSR count). The van der Waals surface area contributed by atoms with E-state index in [-0.39, 0.29) is 29.5 Å². The van der Waals surface area contributed by atoms with Crippen molar-refractivity contribution in [3.05, 3.63) is 23.5 Å². The number of carbonyl (C=O) groups excluding carboxylic acids is 3. The Morgan fingerprint density at radius 2 is 2.00 bits per heavy atom. The molecule has 188 valence electrons. The fourth-order valence-corrected chi connectivity index (χ4v) is 11.6. The second-order valence-electron chi connectivity index (χ2n) is 10.7. The molecule has 3 aliphatic heterocycles. The molecular weight excluding hydrogens is 479 g/mol. The van der Waals surface area contributed by atoms with Crippen LogP contribution in [0.3, 0.4) is 0 Å². The maximum Gasteiger partial charge on any atom is 0.431 e. The van der Waals surface area contributed by atoms with E-state index in [1.54, 1.807) is 0 Å². The van der Waals surface area contributed by atoms with Crippen molar-refractivity contribution < 1.29 is 27.6 Å². The van der Waals surface area contributed by atoms with Crippen LogP contribution in [0, 0.1) is 17.2 Å². The zero-order valence-corrected chi connectivity index (χ0v) is 20.2. The second-order valence-corrected chi connectivity index (χ2v) is 15.5. The summed E-state index contributed by atoms with van der Waals surface area (Å²) in [6.45, 7) is 0. The van der Waals surface area contributed by atoms with Gasteiger partial charge in [-0.1, -0.05) is 24.9 Å². The minimum absolute atomic E-state index is 0.0980. The minimum Gasteiger partial charge on any atom is -0.350 e. The summed E-state index contributed by atoms with van der Waals surface area (Å²) in [6, 6.07) is 4.79. The third kappa shape index (κ3) is 4.58. The number of hydrogen-bond acceptors (Lipinski definition) is 4. The smallest absolute Gasteiger partial charge is 0.350 e. The molecule has 3 saturated heterocycles. The summed E-state index contributed by atoms with van der Waals surface area (Å²) in [5.41, 5.74) is -1.35. The summed E-state index contributed by atoms with van der Waals surface area (Å²) in [6.07, 6.45) is 0.593. The van der Waals surface area contributed by atoms with Crippen LogP contribution in [0.15, 0.2) is 12.1 Å². The van der Waals surface area contributed by atoms with E-state index in [0.717, 1.165) is 49.9 Å². The Kier molecular flexibility index (Phi) is 5.73. The van der Waals surface area contributed by atoms with Crippen LogP contribution in [0.2, 0.25) is 18.1 Å². The van der Waals surface area contributed by atoms with Crippen molar-refractivity contribution in [2.75, 3.05) is 6.17 Å². The van der Waals surface area contributed by atoms with Crippen molar-refractivity contribution in [2.24, 2.45) is 5.92 Å². The highest BCUT2D eigenvalue weighted by Gasteiger charge is 2.54. The van der Waals surface area contributed by atoms with E-state index in [1.807, 2.05) is 0 Å². The number of hydrogen-bond donors (Lipinski definition) is 3. The number of aromatic amines is 1. The van der Waals surface area contributed by atoms with E-state index in [2.05, 4.69) is 21.7 Å². The number of amides is 3. The van der Waals surface area contributed by atoms with Gasteiger partial charge < -0.3 is 20.5 Å². The van der Waals surface area contributed by atoms with Crippen LogP contribution in [0.4, 0.5) is 13.2 Å². The average molecular weight is 508 g/mol. The summed E-state index contributed by atoms with van der Waals surface area (Å²) in [5.74, 6) is -1.54. The average Bonchev–Trinajstić information content (AvgIpc) is 3.27. The fourth-order valence-electron chi connectivity index (χ4n) is 6.18. The molecule has 1 saturated carbocycles. The predicted molar refractivity (Wildman–Crippen MR) is 120 cm³/mol. The molecule has 8 nitrogen and oxygen atoms in total. The molecule has 3 amide bonds. The van der Waals surface area contributed by atoms with Crippen LogP contribution in [0.1, 0.15) is 54.7 Å². The van der Waals surface area contributed by atoms with Gasteiger partial charge in [0.15, 0.2) is 0 Å². The van der Waals surface area contributed by atoms with E-state index in [1.165, 1.54) is 4.90 Å². The van der Waals surface area contributed by atoms with Gasteiger partial charge in [0.2, 0.25) is 11.8 Å². The SMILES string of the molecule is N#C[C@H](C[C@@H]1CC2(CC2)NC1=O)NC(=O)[C@@H]1C[Si]2(CCCC2)CN1C(=O)c1ccc(C(F)(F)F)[nH]1. The number of H-pyrrole nitrogens is 1. The van der Waals surface area contributed by atoms with Gasteiger partial charge in [-0.2, -0.15) is 18.4 Å². The highest BCUT2D eigenvalue weighted by Crippen LogP contribution is 2.46. The largest absolute Gasteiger partial charge is 0.431 e. The van der Waals surface area contributed by atoms with Crippen LogP contribution in [-0.2, 0) is 15.8 Å². The molecule has 4 heterocycles. The Bertz CT molecular complexity index is 1090. The van der Waals surface area contributed by atoms with E-state index >= 15 is 0 Å². The number of alkyl halides is 3. The Morgan fingerprint density at radius 1 is 1.29 bits per heavy atom. The summed E-state index contributed by atoms with van der Waals surface area (Å²) in [7, 11) is -1.94.